The summed E-state index contributed by atoms with van der Waals surface area (Å²) >= 11 is 0. The summed E-state index contributed by atoms with van der Waals surface area (Å²) in [6.45, 7) is 23.0. The van der Waals surface area contributed by atoms with Crippen molar-refractivity contribution in [1.82, 2.24) is 16.0 Å². The molecule has 1 unspecified atom stereocenters. The number of quaternary nitrogens is 3. The molecule has 0 aromatic carbocycles. The molecule has 0 bridgehead atoms. The second-order valence-corrected chi connectivity index (χ2v) is 30.9. The monoisotopic (exact) mass is 836 g/mol. The van der Waals surface area contributed by atoms with Crippen molar-refractivity contribution in [1.29, 1.82) is 0 Å². The number of carbonyl (C=O) groups excluding carboxylic acids is 4. The van der Waals surface area contributed by atoms with E-state index in [1.165, 1.54) is 0 Å². The van der Waals surface area contributed by atoms with Crippen LogP contribution in [-0.2, 0) is 32.1 Å². The normalized spacial score (nSPS) is 13.9. The summed E-state index contributed by atoms with van der Waals surface area (Å²) in [7, 11) is 4.71. The first-order valence-electron chi connectivity index (χ1n) is 20.3. The number of nitrogens with one attached hydrogen (secondary N) is 3. The summed E-state index contributed by atoms with van der Waals surface area (Å²) in [5.74, 6) is -0.436. The molecule has 3 amide bonds. The van der Waals surface area contributed by atoms with Crippen molar-refractivity contribution < 1.29 is 50.7 Å². The van der Waals surface area contributed by atoms with Gasteiger partial charge in [0.25, 0.3) is 17.7 Å². The minimum absolute atomic E-state index is 0.0313. The fraction of sp³-hybridized carbons (Fsp3) is 0.842. The predicted octanol–water partition coefficient (Wildman–Crippen LogP) is 3.09. The number of esters is 1. The molecule has 322 valence electrons. The molecule has 0 spiro atoms. The standard InChI is InChI=1S/C38H80N6O8Si3/c1-15-16-23-42(4,5)30-35(46)39-21-17-28-53(10,11)51-54(12,13)52-55(14,29-18-22-40-36(47)31-43(6,7)24-19-26-45)33-41-37(48)32-44(8,9)25-20-27-50-38(49)34(2)3/h45H,2,15-33H2,1,3-14H3/p+3. The Balaban J connectivity index is 5.47. The summed E-state index contributed by atoms with van der Waals surface area (Å²) in [6, 6.07) is 1.61. The maximum Gasteiger partial charge on any atom is 0.333 e. The van der Waals surface area contributed by atoms with Crippen molar-refractivity contribution in [2.24, 2.45) is 0 Å². The van der Waals surface area contributed by atoms with Crippen molar-refractivity contribution in [3.05, 3.63) is 12.2 Å². The van der Waals surface area contributed by atoms with Gasteiger partial charge < -0.3 is 47.5 Å². The molecule has 14 nitrogen and oxygen atoms in total. The number of unbranched alkanes of at least 4 members (excludes halogenated alkanes) is 1. The van der Waals surface area contributed by atoms with Crippen LogP contribution in [0.1, 0.15) is 52.4 Å². The zero-order chi connectivity index (χ0) is 42.6. The summed E-state index contributed by atoms with van der Waals surface area (Å²) in [4.78, 5) is 50.4. The predicted molar refractivity (Wildman–Crippen MR) is 229 cm³/mol. The third-order valence-electron chi connectivity index (χ3n) is 9.40. The van der Waals surface area contributed by atoms with Gasteiger partial charge in [0.05, 0.1) is 68.5 Å². The molecule has 0 heterocycles. The number of rotatable bonds is 31. The van der Waals surface area contributed by atoms with Gasteiger partial charge in [-0.15, -0.1) is 0 Å². The Kier molecular flexibility index (Phi) is 23.8. The van der Waals surface area contributed by atoms with Crippen LogP contribution in [0.4, 0.5) is 0 Å². The lowest BCUT2D eigenvalue weighted by molar-refractivity contribution is -0.882. The van der Waals surface area contributed by atoms with Crippen molar-refractivity contribution in [3.8, 4) is 0 Å². The highest BCUT2D eigenvalue weighted by atomic mass is 28.5. The molecule has 1 atom stereocenters. The maximum atomic E-state index is 13.3. The summed E-state index contributed by atoms with van der Waals surface area (Å²) < 4.78 is 20.8. The highest BCUT2D eigenvalue weighted by Crippen LogP contribution is 2.26. The highest BCUT2D eigenvalue weighted by Gasteiger charge is 2.42. The molecular weight excluding hydrogens is 753 g/mol. The number of nitrogens with zero attached hydrogens (tertiary/aromatic N) is 3. The van der Waals surface area contributed by atoms with E-state index in [1.54, 1.807) is 6.92 Å². The van der Waals surface area contributed by atoms with Gasteiger partial charge >= 0.3 is 14.5 Å². The second-order valence-electron chi connectivity index (χ2n) is 18.7. The Hall–Kier alpha value is -1.97. The molecule has 0 saturated heterocycles. The molecule has 0 aliphatic carbocycles. The average molecular weight is 836 g/mol. The first-order valence-corrected chi connectivity index (χ1v) is 29.0. The van der Waals surface area contributed by atoms with Crippen LogP contribution in [0.15, 0.2) is 12.2 Å². The van der Waals surface area contributed by atoms with Gasteiger partial charge in [0.15, 0.2) is 36.3 Å². The van der Waals surface area contributed by atoms with E-state index < -0.39 is 31.2 Å². The van der Waals surface area contributed by atoms with Gasteiger partial charge in [0.2, 0.25) is 0 Å². The molecule has 0 rings (SSSR count). The lowest BCUT2D eigenvalue weighted by atomic mass is 10.3. The van der Waals surface area contributed by atoms with Crippen molar-refractivity contribution >= 4 is 48.9 Å². The summed E-state index contributed by atoms with van der Waals surface area (Å²) in [5.41, 5.74) is 0.363. The molecule has 55 heavy (non-hydrogen) atoms. The Morgan fingerprint density at radius 1 is 0.655 bits per heavy atom. The van der Waals surface area contributed by atoms with Crippen molar-refractivity contribution in [2.75, 3.05) is 114 Å². The molecule has 0 aliphatic rings. The number of likely N-dealkylation sites (N-methyl/N-ethyl adjacent to an activating group) is 3. The van der Waals surface area contributed by atoms with Crippen molar-refractivity contribution in [3.63, 3.8) is 0 Å². The summed E-state index contributed by atoms with van der Waals surface area (Å²) in [5, 5.41) is 18.5. The van der Waals surface area contributed by atoms with Gasteiger partial charge in [-0.25, -0.2) is 4.79 Å². The van der Waals surface area contributed by atoms with Crippen LogP contribution >= 0.6 is 0 Å². The van der Waals surface area contributed by atoms with Crippen LogP contribution in [0.25, 0.3) is 0 Å². The van der Waals surface area contributed by atoms with Crippen LogP contribution in [0.2, 0.25) is 44.8 Å². The number of ether oxygens (including phenoxy) is 1. The third kappa shape index (κ3) is 27.3. The second kappa shape index (κ2) is 24.7. The quantitative estimate of drug-likeness (QED) is 0.0274. The van der Waals surface area contributed by atoms with Crippen molar-refractivity contribution in [2.45, 2.75) is 97.2 Å². The smallest absolute Gasteiger partial charge is 0.333 e. The molecule has 0 fully saturated rings. The van der Waals surface area contributed by atoms with Crippen LogP contribution < -0.4 is 16.0 Å². The van der Waals surface area contributed by atoms with E-state index in [2.05, 4.69) is 76.3 Å². The van der Waals surface area contributed by atoms with Crippen LogP contribution in [-0.4, -0.2) is 181 Å². The minimum atomic E-state index is -2.67. The van der Waals surface area contributed by atoms with E-state index in [0.717, 1.165) is 37.9 Å². The van der Waals surface area contributed by atoms with Crippen LogP contribution in [0, 0.1) is 0 Å². The third-order valence-corrected chi connectivity index (χ3v) is 21.4. The Morgan fingerprint density at radius 2 is 1.11 bits per heavy atom. The minimum Gasteiger partial charge on any atom is -0.462 e. The number of hydrogen-bond acceptors (Lipinski definition) is 8. The maximum absolute atomic E-state index is 13.3. The number of carbonyl (C=O) groups is 4. The van der Waals surface area contributed by atoms with Gasteiger partial charge in [-0.05, 0) is 71.0 Å². The van der Waals surface area contributed by atoms with E-state index in [0.29, 0.717) is 83.7 Å². The number of aliphatic hydroxyl groups is 1. The summed E-state index contributed by atoms with van der Waals surface area (Å²) in [6.07, 6.45) is 5.44. The largest absolute Gasteiger partial charge is 0.462 e. The number of amides is 3. The Labute approximate surface area is 338 Å². The van der Waals surface area contributed by atoms with Gasteiger partial charge in [-0.1, -0.05) is 19.9 Å². The fourth-order valence-corrected chi connectivity index (χ4v) is 21.1. The van der Waals surface area contributed by atoms with E-state index in [1.807, 2.05) is 28.2 Å². The topological polar surface area (TPSA) is 152 Å². The highest BCUT2D eigenvalue weighted by molar-refractivity contribution is 6.88. The SMILES string of the molecule is C=C(C)C(=O)OCCC[N+](C)(C)CC(=O)NC[Si](C)(CCCNC(=O)C[N+](C)(C)CCCO)O[Si](C)(C)O[Si](C)(C)CCCNC(=O)C[N+](C)(C)CCCC. The van der Waals surface area contributed by atoms with Gasteiger partial charge in [0.1, 0.15) is 0 Å². The Bertz CT molecular complexity index is 1220. The van der Waals surface area contributed by atoms with E-state index in [-0.39, 0.29) is 37.5 Å². The van der Waals surface area contributed by atoms with Crippen LogP contribution in [0.5, 0.6) is 0 Å². The molecular formula is C38H83N6O8Si3+3. The number of hydrogen-bond donors (Lipinski definition) is 4. The van der Waals surface area contributed by atoms with E-state index >= 15 is 0 Å². The molecule has 17 heteroatoms. The van der Waals surface area contributed by atoms with Gasteiger partial charge in [-0.3, -0.25) is 14.4 Å². The van der Waals surface area contributed by atoms with Crippen LogP contribution in [0.3, 0.4) is 0 Å². The zero-order valence-corrected chi connectivity index (χ0v) is 40.3. The Morgan fingerprint density at radius 3 is 1.58 bits per heavy atom. The molecule has 0 saturated carbocycles. The lowest BCUT2D eigenvalue weighted by Crippen LogP contribution is -2.58. The first kappa shape index (κ1) is 53.0. The van der Waals surface area contributed by atoms with Gasteiger partial charge in [-0.2, -0.15) is 0 Å². The van der Waals surface area contributed by atoms with Gasteiger partial charge in [0, 0.05) is 44.3 Å². The zero-order valence-electron chi connectivity index (χ0n) is 37.3. The fourth-order valence-electron chi connectivity index (χ4n) is 6.66. The molecule has 0 aliphatic heterocycles. The molecule has 0 aromatic heterocycles. The first-order chi connectivity index (χ1) is 25.2. The molecule has 0 aromatic rings. The van der Waals surface area contributed by atoms with E-state index in [4.69, 9.17) is 13.0 Å². The molecule has 4 N–H and O–H groups in total. The molecule has 0 radical (unpaired) electrons. The average Bonchev–Trinajstić information content (AvgIpc) is 3.03. The lowest BCUT2D eigenvalue weighted by Gasteiger charge is -2.40. The van der Waals surface area contributed by atoms with E-state index in [9.17, 15) is 24.3 Å². The number of aliphatic hydroxyl groups excluding tert-OH is 1.